The fourth-order valence-electron chi connectivity index (χ4n) is 2.43. The summed E-state index contributed by atoms with van der Waals surface area (Å²) in [4.78, 5) is 21.0. The summed E-state index contributed by atoms with van der Waals surface area (Å²) in [6.07, 6.45) is 4.03. The summed E-state index contributed by atoms with van der Waals surface area (Å²) in [5.74, 6) is 1.04. The Morgan fingerprint density at radius 1 is 1.28 bits per heavy atom. The molecular weight excluding hydrogens is 224 g/mol. The zero-order chi connectivity index (χ0) is 13.6. The van der Waals surface area contributed by atoms with E-state index < -0.39 is 0 Å². The van der Waals surface area contributed by atoms with Gasteiger partial charge in [0.1, 0.15) is 5.82 Å². The highest BCUT2D eigenvalue weighted by atomic mass is 16.1. The molecule has 18 heavy (non-hydrogen) atoms. The van der Waals surface area contributed by atoms with E-state index in [1.54, 1.807) is 6.20 Å². The lowest BCUT2D eigenvalue weighted by molar-refractivity contribution is 0.0909. The van der Waals surface area contributed by atoms with Gasteiger partial charge in [0.15, 0.2) is 5.78 Å². The summed E-state index contributed by atoms with van der Waals surface area (Å²) in [6, 6.07) is 0. The summed E-state index contributed by atoms with van der Waals surface area (Å²) in [5.41, 5.74) is 1.86. The van der Waals surface area contributed by atoms with Crippen molar-refractivity contribution in [2.45, 2.75) is 53.9 Å². The number of hydrogen-bond acceptors (Lipinski definition) is 3. The van der Waals surface area contributed by atoms with Crippen LogP contribution < -0.4 is 0 Å². The molecule has 0 N–H and O–H groups in total. The normalized spacial score (nSPS) is 18.6. The lowest BCUT2D eigenvalue weighted by atomic mass is 9.76. The first kappa shape index (κ1) is 13.2. The maximum Gasteiger partial charge on any atom is 0.166 e. The van der Waals surface area contributed by atoms with E-state index in [1.165, 1.54) is 0 Å². The lowest BCUT2D eigenvalue weighted by Crippen LogP contribution is -2.29. The van der Waals surface area contributed by atoms with E-state index in [4.69, 9.17) is 0 Å². The van der Waals surface area contributed by atoms with Crippen LogP contribution in [-0.2, 0) is 12.8 Å². The van der Waals surface area contributed by atoms with Crippen LogP contribution in [0.4, 0.5) is 0 Å². The van der Waals surface area contributed by atoms with Crippen LogP contribution in [0, 0.1) is 10.8 Å². The monoisotopic (exact) mass is 246 g/mol. The number of carbonyl (C=O) groups is 1. The Hall–Kier alpha value is -1.25. The Bertz CT molecular complexity index is 484. The Morgan fingerprint density at radius 3 is 2.56 bits per heavy atom. The molecule has 0 aliphatic heterocycles. The highest BCUT2D eigenvalue weighted by molar-refractivity contribution is 5.98. The lowest BCUT2D eigenvalue weighted by Gasteiger charge is -2.29. The third kappa shape index (κ3) is 2.95. The van der Waals surface area contributed by atoms with E-state index in [2.05, 4.69) is 44.6 Å². The number of aromatic nitrogens is 2. The summed E-state index contributed by atoms with van der Waals surface area (Å²) < 4.78 is 0. The van der Waals surface area contributed by atoms with Crippen molar-refractivity contribution in [2.24, 2.45) is 10.8 Å². The molecule has 1 aromatic rings. The van der Waals surface area contributed by atoms with Crippen molar-refractivity contribution in [1.82, 2.24) is 9.97 Å². The first-order valence-electron chi connectivity index (χ1n) is 6.54. The molecule has 0 bridgehead atoms. The summed E-state index contributed by atoms with van der Waals surface area (Å²) in [6.45, 7) is 10.8. The predicted molar refractivity (Wildman–Crippen MR) is 71.6 cm³/mol. The molecule has 3 heteroatoms. The van der Waals surface area contributed by atoms with Gasteiger partial charge in [0.2, 0.25) is 0 Å². The summed E-state index contributed by atoms with van der Waals surface area (Å²) >= 11 is 0. The molecule has 98 valence electrons. The second-order valence-corrected chi connectivity index (χ2v) is 7.32. The van der Waals surface area contributed by atoms with Gasteiger partial charge >= 0.3 is 0 Å². The Kier molecular flexibility index (Phi) is 3.04. The Morgan fingerprint density at radius 2 is 1.94 bits per heavy atom. The largest absolute Gasteiger partial charge is 0.294 e. The molecule has 0 saturated heterocycles. The minimum absolute atomic E-state index is 0.0252. The van der Waals surface area contributed by atoms with Gasteiger partial charge in [0.25, 0.3) is 0 Å². The van der Waals surface area contributed by atoms with Crippen molar-refractivity contribution >= 4 is 5.78 Å². The van der Waals surface area contributed by atoms with Crippen molar-refractivity contribution in [3.8, 4) is 0 Å². The first-order chi connectivity index (χ1) is 8.16. The average molecular weight is 246 g/mol. The second kappa shape index (κ2) is 4.15. The first-order valence-corrected chi connectivity index (χ1v) is 6.54. The minimum Gasteiger partial charge on any atom is -0.294 e. The maximum atomic E-state index is 12.0. The van der Waals surface area contributed by atoms with Crippen LogP contribution in [-0.4, -0.2) is 15.8 Å². The molecule has 1 aliphatic carbocycles. The van der Waals surface area contributed by atoms with Gasteiger partial charge in [-0.05, 0) is 17.3 Å². The van der Waals surface area contributed by atoms with Crippen molar-refractivity contribution in [2.75, 3.05) is 0 Å². The fraction of sp³-hybridized carbons (Fsp3) is 0.667. The number of rotatable bonds is 1. The highest BCUT2D eigenvalue weighted by Crippen LogP contribution is 2.33. The van der Waals surface area contributed by atoms with Gasteiger partial charge < -0.3 is 0 Å². The molecule has 0 saturated carbocycles. The average Bonchev–Trinajstić information content (AvgIpc) is 2.11. The van der Waals surface area contributed by atoms with E-state index in [0.717, 1.165) is 29.9 Å². The van der Waals surface area contributed by atoms with Crippen molar-refractivity contribution in [3.63, 3.8) is 0 Å². The fourth-order valence-corrected chi connectivity index (χ4v) is 2.43. The minimum atomic E-state index is 0.0252. The summed E-state index contributed by atoms with van der Waals surface area (Å²) in [7, 11) is 0. The number of Topliss-reactive ketones (excluding diaryl/α,β-unsaturated/α-hetero) is 1. The third-order valence-corrected chi connectivity index (χ3v) is 3.19. The molecular formula is C15H22N2O. The molecule has 0 spiro atoms. The third-order valence-electron chi connectivity index (χ3n) is 3.19. The van der Waals surface area contributed by atoms with Gasteiger partial charge in [0, 0.05) is 19.0 Å². The van der Waals surface area contributed by atoms with Crippen LogP contribution >= 0.6 is 0 Å². The quantitative estimate of drug-likeness (QED) is 0.764. The predicted octanol–water partition coefficient (Wildman–Crippen LogP) is 3.22. The van der Waals surface area contributed by atoms with Gasteiger partial charge in [-0.15, -0.1) is 0 Å². The number of nitrogens with zero attached hydrogens (tertiary/aromatic N) is 2. The van der Waals surface area contributed by atoms with Crippen molar-refractivity contribution < 1.29 is 4.79 Å². The van der Waals surface area contributed by atoms with Gasteiger partial charge in [0.05, 0.1) is 11.3 Å². The van der Waals surface area contributed by atoms with E-state index in [9.17, 15) is 4.79 Å². The smallest absolute Gasteiger partial charge is 0.166 e. The molecule has 1 aliphatic rings. The molecule has 1 heterocycles. The van der Waals surface area contributed by atoms with E-state index in [0.29, 0.717) is 6.42 Å². The van der Waals surface area contributed by atoms with Gasteiger partial charge in [-0.1, -0.05) is 34.6 Å². The van der Waals surface area contributed by atoms with Crippen LogP contribution in [0.25, 0.3) is 0 Å². The number of carbonyl (C=O) groups excluding carboxylic acids is 1. The van der Waals surface area contributed by atoms with Crippen molar-refractivity contribution in [3.05, 3.63) is 23.3 Å². The molecule has 2 rings (SSSR count). The maximum absolute atomic E-state index is 12.0. The Labute approximate surface area is 109 Å². The Balaban J connectivity index is 2.34. The topological polar surface area (TPSA) is 42.9 Å². The molecule has 0 unspecified atom stereocenters. The molecule has 0 atom stereocenters. The second-order valence-electron chi connectivity index (χ2n) is 7.32. The molecule has 0 fully saturated rings. The molecule has 0 aromatic carbocycles. The van der Waals surface area contributed by atoms with E-state index in [-0.39, 0.29) is 16.6 Å². The van der Waals surface area contributed by atoms with Crippen LogP contribution in [0.5, 0.6) is 0 Å². The molecule has 3 nitrogen and oxygen atoms in total. The molecule has 0 radical (unpaired) electrons. The van der Waals surface area contributed by atoms with E-state index in [1.807, 2.05) is 0 Å². The SMILES string of the molecule is CC(C)(C)Cc1ncc2c(n1)CC(C)(C)CC2=O. The van der Waals surface area contributed by atoms with E-state index >= 15 is 0 Å². The zero-order valence-electron chi connectivity index (χ0n) is 12.0. The van der Waals surface area contributed by atoms with Crippen LogP contribution in [0.1, 0.15) is 62.9 Å². The van der Waals surface area contributed by atoms with Gasteiger partial charge in [-0.25, -0.2) is 9.97 Å². The zero-order valence-corrected chi connectivity index (χ0v) is 12.0. The van der Waals surface area contributed by atoms with Gasteiger partial charge in [-0.2, -0.15) is 0 Å². The highest BCUT2D eigenvalue weighted by Gasteiger charge is 2.32. The van der Waals surface area contributed by atoms with Crippen LogP contribution in [0.2, 0.25) is 0 Å². The summed E-state index contributed by atoms with van der Waals surface area (Å²) in [5, 5.41) is 0. The van der Waals surface area contributed by atoms with Gasteiger partial charge in [-0.3, -0.25) is 4.79 Å². The number of hydrogen-bond donors (Lipinski definition) is 0. The molecule has 0 amide bonds. The number of fused-ring (bicyclic) bond motifs is 1. The number of ketones is 1. The molecule has 1 aromatic heterocycles. The standard InChI is InChI=1S/C15H22N2O/c1-14(2,3)8-13-16-9-10-11(17-13)6-15(4,5)7-12(10)18/h9H,6-8H2,1-5H3. The van der Waals surface area contributed by atoms with Crippen LogP contribution in [0.3, 0.4) is 0 Å². The van der Waals surface area contributed by atoms with Crippen LogP contribution in [0.15, 0.2) is 6.20 Å². The van der Waals surface area contributed by atoms with Crippen molar-refractivity contribution in [1.29, 1.82) is 0 Å².